The third-order valence-corrected chi connectivity index (χ3v) is 3.30. The van der Waals surface area contributed by atoms with Gasteiger partial charge < -0.3 is 25.8 Å². The largest absolute Gasteiger partial charge is 0.465 e. The predicted octanol–water partition coefficient (Wildman–Crippen LogP) is 0.317. The Morgan fingerprint density at radius 2 is 2.24 bits per heavy atom. The fourth-order valence-corrected chi connectivity index (χ4v) is 2.17. The Morgan fingerprint density at radius 3 is 2.95 bits per heavy atom. The zero-order valence-electron chi connectivity index (χ0n) is 11.8. The van der Waals surface area contributed by atoms with Crippen LogP contribution in [0.25, 0.3) is 0 Å². The number of amides is 2. The summed E-state index contributed by atoms with van der Waals surface area (Å²) < 4.78 is 4.62. The standard InChI is InChI=1S/C14H19N3O4/c1-21-13(19)9-3-2-4-10(7-9)16-14(20)17-11-8-15-6-5-12(11)18/h2-4,7,11-12,15,18H,5-6,8H2,1H3,(H2,16,17,20)/t11-,12-/m1/s1. The Balaban J connectivity index is 1.94. The SMILES string of the molecule is COC(=O)c1cccc(NC(=O)N[C@@H]2CNCC[C@H]2O)c1. The van der Waals surface area contributed by atoms with Gasteiger partial charge in [0.2, 0.25) is 0 Å². The summed E-state index contributed by atoms with van der Waals surface area (Å²) in [5.41, 5.74) is 0.836. The predicted molar refractivity (Wildman–Crippen MR) is 77.2 cm³/mol. The maximum atomic E-state index is 11.9. The molecule has 7 nitrogen and oxygen atoms in total. The molecule has 0 unspecified atom stereocenters. The summed E-state index contributed by atoms with van der Waals surface area (Å²) in [4.78, 5) is 23.3. The second-order valence-corrected chi connectivity index (χ2v) is 4.84. The number of methoxy groups -OCH3 is 1. The number of hydrogen-bond donors (Lipinski definition) is 4. The molecule has 0 radical (unpaired) electrons. The number of benzene rings is 1. The van der Waals surface area contributed by atoms with Crippen LogP contribution in [-0.4, -0.2) is 49.5 Å². The third kappa shape index (κ3) is 4.17. The number of anilines is 1. The first-order valence-corrected chi connectivity index (χ1v) is 6.75. The Labute approximate surface area is 122 Å². The quantitative estimate of drug-likeness (QED) is 0.601. The number of rotatable bonds is 3. The highest BCUT2D eigenvalue weighted by Crippen LogP contribution is 2.12. The first kappa shape index (κ1) is 15.3. The molecule has 0 aromatic heterocycles. The van der Waals surface area contributed by atoms with Gasteiger partial charge in [0.05, 0.1) is 24.8 Å². The van der Waals surface area contributed by atoms with E-state index < -0.39 is 18.1 Å². The molecular formula is C14H19N3O4. The topological polar surface area (TPSA) is 99.7 Å². The molecule has 21 heavy (non-hydrogen) atoms. The third-order valence-electron chi connectivity index (χ3n) is 3.30. The minimum absolute atomic E-state index is 0.331. The maximum Gasteiger partial charge on any atom is 0.337 e. The van der Waals surface area contributed by atoms with Gasteiger partial charge in [0.1, 0.15) is 0 Å². The first-order chi connectivity index (χ1) is 10.1. The van der Waals surface area contributed by atoms with E-state index in [4.69, 9.17) is 0 Å². The molecule has 1 aromatic carbocycles. The normalized spacial score (nSPS) is 21.4. The summed E-state index contributed by atoms with van der Waals surface area (Å²) in [6.45, 7) is 1.26. The van der Waals surface area contributed by atoms with E-state index in [0.29, 0.717) is 24.2 Å². The van der Waals surface area contributed by atoms with Crippen LogP contribution in [0.4, 0.5) is 10.5 Å². The molecule has 1 aromatic rings. The van der Waals surface area contributed by atoms with Crippen LogP contribution < -0.4 is 16.0 Å². The number of nitrogens with one attached hydrogen (secondary N) is 3. The van der Waals surface area contributed by atoms with E-state index in [-0.39, 0.29) is 6.04 Å². The van der Waals surface area contributed by atoms with Crippen molar-refractivity contribution in [3.8, 4) is 0 Å². The molecule has 1 fully saturated rings. The Kier molecular flexibility index (Phi) is 5.13. The highest BCUT2D eigenvalue weighted by atomic mass is 16.5. The molecule has 4 N–H and O–H groups in total. The average Bonchev–Trinajstić information content (AvgIpc) is 2.49. The van der Waals surface area contributed by atoms with Crippen molar-refractivity contribution in [3.63, 3.8) is 0 Å². The van der Waals surface area contributed by atoms with E-state index in [9.17, 15) is 14.7 Å². The van der Waals surface area contributed by atoms with Crippen molar-refractivity contribution in [2.24, 2.45) is 0 Å². The molecule has 0 bridgehead atoms. The number of piperidine rings is 1. The second-order valence-electron chi connectivity index (χ2n) is 4.84. The van der Waals surface area contributed by atoms with Gasteiger partial charge >= 0.3 is 12.0 Å². The van der Waals surface area contributed by atoms with Crippen LogP contribution in [-0.2, 0) is 4.74 Å². The van der Waals surface area contributed by atoms with Crippen molar-refractivity contribution in [3.05, 3.63) is 29.8 Å². The van der Waals surface area contributed by atoms with E-state index >= 15 is 0 Å². The Morgan fingerprint density at radius 1 is 1.43 bits per heavy atom. The summed E-state index contributed by atoms with van der Waals surface area (Å²) in [6.07, 6.45) is 0.0429. The summed E-state index contributed by atoms with van der Waals surface area (Å²) >= 11 is 0. The molecule has 1 aliphatic heterocycles. The molecule has 114 valence electrons. The van der Waals surface area contributed by atoms with Crippen molar-refractivity contribution in [1.29, 1.82) is 0 Å². The number of ether oxygens (including phenoxy) is 1. The lowest BCUT2D eigenvalue weighted by atomic mass is 10.0. The van der Waals surface area contributed by atoms with E-state index in [0.717, 1.165) is 6.54 Å². The van der Waals surface area contributed by atoms with Gasteiger partial charge in [0.25, 0.3) is 0 Å². The Bertz CT molecular complexity index is 521. The van der Waals surface area contributed by atoms with Crippen molar-refractivity contribution >= 4 is 17.7 Å². The zero-order chi connectivity index (χ0) is 15.2. The summed E-state index contributed by atoms with van der Waals surface area (Å²) in [6, 6.07) is 5.69. The summed E-state index contributed by atoms with van der Waals surface area (Å²) in [5, 5.41) is 18.2. The number of aliphatic hydroxyl groups is 1. The van der Waals surface area contributed by atoms with Gasteiger partial charge in [0, 0.05) is 12.2 Å². The molecule has 1 saturated heterocycles. The van der Waals surface area contributed by atoms with Crippen LogP contribution in [0, 0.1) is 0 Å². The molecule has 2 atom stereocenters. The van der Waals surface area contributed by atoms with Crippen LogP contribution in [0.3, 0.4) is 0 Å². The van der Waals surface area contributed by atoms with E-state index in [2.05, 4.69) is 20.7 Å². The zero-order valence-corrected chi connectivity index (χ0v) is 11.8. The van der Waals surface area contributed by atoms with Crippen LogP contribution in [0.15, 0.2) is 24.3 Å². The lowest BCUT2D eigenvalue weighted by Crippen LogP contribution is -2.54. The van der Waals surface area contributed by atoms with Crippen molar-refractivity contribution in [1.82, 2.24) is 10.6 Å². The minimum atomic E-state index is -0.557. The summed E-state index contributed by atoms with van der Waals surface area (Å²) in [7, 11) is 1.30. The molecular weight excluding hydrogens is 274 g/mol. The first-order valence-electron chi connectivity index (χ1n) is 6.75. The highest BCUT2D eigenvalue weighted by molar-refractivity contribution is 5.93. The van der Waals surface area contributed by atoms with Gasteiger partial charge in [-0.05, 0) is 31.2 Å². The molecule has 1 aliphatic rings. The fourth-order valence-electron chi connectivity index (χ4n) is 2.17. The van der Waals surface area contributed by atoms with Crippen molar-refractivity contribution in [2.45, 2.75) is 18.6 Å². The molecule has 0 saturated carbocycles. The molecule has 0 spiro atoms. The number of hydrogen-bond acceptors (Lipinski definition) is 5. The van der Waals surface area contributed by atoms with Gasteiger partial charge in [-0.25, -0.2) is 9.59 Å². The molecule has 1 heterocycles. The van der Waals surface area contributed by atoms with E-state index in [1.165, 1.54) is 13.2 Å². The summed E-state index contributed by atoms with van der Waals surface area (Å²) in [5.74, 6) is -0.467. The molecule has 2 rings (SSSR count). The number of aliphatic hydroxyl groups excluding tert-OH is 1. The van der Waals surface area contributed by atoms with Crippen molar-refractivity contribution < 1.29 is 19.4 Å². The highest BCUT2D eigenvalue weighted by Gasteiger charge is 2.24. The van der Waals surface area contributed by atoms with Crippen LogP contribution in [0.2, 0.25) is 0 Å². The molecule has 2 amide bonds. The number of urea groups is 1. The van der Waals surface area contributed by atoms with Crippen LogP contribution >= 0.6 is 0 Å². The Hall–Kier alpha value is -2.12. The lowest BCUT2D eigenvalue weighted by molar-refractivity contribution is 0.0600. The van der Waals surface area contributed by atoms with Crippen molar-refractivity contribution in [2.75, 3.05) is 25.5 Å². The maximum absolute atomic E-state index is 11.9. The minimum Gasteiger partial charge on any atom is -0.465 e. The van der Waals surface area contributed by atoms with Gasteiger partial charge in [-0.15, -0.1) is 0 Å². The van der Waals surface area contributed by atoms with Gasteiger partial charge in [-0.1, -0.05) is 6.07 Å². The average molecular weight is 293 g/mol. The van der Waals surface area contributed by atoms with Crippen LogP contribution in [0.1, 0.15) is 16.8 Å². The molecule has 7 heteroatoms. The number of esters is 1. The number of carbonyl (C=O) groups is 2. The van der Waals surface area contributed by atoms with Gasteiger partial charge in [-0.2, -0.15) is 0 Å². The fraction of sp³-hybridized carbons (Fsp3) is 0.429. The van der Waals surface area contributed by atoms with Gasteiger partial charge in [-0.3, -0.25) is 0 Å². The molecule has 0 aliphatic carbocycles. The lowest BCUT2D eigenvalue weighted by Gasteiger charge is -2.29. The number of carbonyl (C=O) groups excluding carboxylic acids is 2. The monoisotopic (exact) mass is 293 g/mol. The van der Waals surface area contributed by atoms with E-state index in [1.807, 2.05) is 0 Å². The van der Waals surface area contributed by atoms with Gasteiger partial charge in [0.15, 0.2) is 0 Å². The van der Waals surface area contributed by atoms with Crippen LogP contribution in [0.5, 0.6) is 0 Å². The second kappa shape index (κ2) is 7.05. The smallest absolute Gasteiger partial charge is 0.337 e. The van der Waals surface area contributed by atoms with E-state index in [1.54, 1.807) is 18.2 Å².